The summed E-state index contributed by atoms with van der Waals surface area (Å²) in [6, 6.07) is 8.43. The van der Waals surface area contributed by atoms with Gasteiger partial charge in [0.1, 0.15) is 0 Å². The molecule has 1 aliphatic rings. The minimum atomic E-state index is -0.463. The van der Waals surface area contributed by atoms with E-state index in [1.165, 1.54) is 0 Å². The third kappa shape index (κ3) is 2.34. The first-order chi connectivity index (χ1) is 6.27. The predicted molar refractivity (Wildman–Crippen MR) is 47.2 cm³/mol. The number of primary amides is 1. The summed E-state index contributed by atoms with van der Waals surface area (Å²) in [6.07, 6.45) is 1.04. The van der Waals surface area contributed by atoms with Gasteiger partial charge in [0.05, 0.1) is 0 Å². The molecule has 1 heterocycles. The fraction of sp³-hybridized carbons (Fsp3) is 0.300. The summed E-state index contributed by atoms with van der Waals surface area (Å²) < 4.78 is 5.40. The van der Waals surface area contributed by atoms with Crippen LogP contribution in [0.3, 0.4) is 0 Å². The Morgan fingerprint density at radius 1 is 1.64 bits per heavy atom. The van der Waals surface area contributed by atoms with Crippen LogP contribution in [0, 0.1) is 6.07 Å². The van der Waals surface area contributed by atoms with E-state index in [1.54, 1.807) is 6.07 Å². The maximum Gasteiger partial charge on any atom is 0.258 e. The molecule has 3 nitrogen and oxygen atoms in total. The van der Waals surface area contributed by atoms with Crippen LogP contribution in [0.4, 0.5) is 0 Å². The van der Waals surface area contributed by atoms with Gasteiger partial charge in [-0.1, -0.05) is 6.42 Å². The van der Waals surface area contributed by atoms with Crippen molar-refractivity contribution in [3.63, 3.8) is 0 Å². The predicted octanol–water partition coefficient (Wildman–Crippen LogP) is 0.663. The minimum Gasteiger partial charge on any atom is -0.506 e. The Balaban J connectivity index is 0.000000980. The largest absolute Gasteiger partial charge is 0.506 e. The fourth-order valence-electron chi connectivity index (χ4n) is 1.46. The molecule has 1 aromatic rings. The number of aryl methyl sites for hydroxylation is 1. The summed E-state index contributed by atoms with van der Waals surface area (Å²) >= 11 is 0. The van der Waals surface area contributed by atoms with E-state index in [2.05, 4.69) is 6.07 Å². The second-order valence-electron chi connectivity index (χ2n) is 3.08. The number of ether oxygens (including phenoxy) is 1. The molecule has 4 heteroatoms. The zero-order valence-corrected chi connectivity index (χ0v) is 10.5. The Morgan fingerprint density at radius 3 is 3.14 bits per heavy atom. The third-order valence-corrected chi connectivity index (χ3v) is 2.17. The van der Waals surface area contributed by atoms with Crippen molar-refractivity contribution in [2.24, 2.45) is 5.73 Å². The van der Waals surface area contributed by atoms with Crippen LogP contribution >= 0.6 is 0 Å². The van der Waals surface area contributed by atoms with E-state index < -0.39 is 12.0 Å². The number of hydrogen-bond donors (Lipinski definition) is 1. The molecule has 0 saturated carbocycles. The molecular weight excluding hydrogens is 255 g/mol. The summed E-state index contributed by atoms with van der Waals surface area (Å²) in [6.45, 7) is 0. The van der Waals surface area contributed by atoms with Crippen molar-refractivity contribution in [1.82, 2.24) is 0 Å². The number of nitrogens with two attached hydrogens (primary N) is 1. The summed E-state index contributed by atoms with van der Waals surface area (Å²) in [5.41, 5.74) is 6.25. The van der Waals surface area contributed by atoms with Crippen LogP contribution < -0.4 is 10.5 Å². The quantitative estimate of drug-likeness (QED) is 0.758. The number of rotatable bonds is 1. The van der Waals surface area contributed by atoms with Crippen LogP contribution in [0.5, 0.6) is 5.75 Å². The van der Waals surface area contributed by atoms with Crippen LogP contribution in [0.25, 0.3) is 0 Å². The number of benzene rings is 1. The molecule has 1 aromatic carbocycles. The van der Waals surface area contributed by atoms with E-state index >= 15 is 0 Å². The monoisotopic (exact) mass is 265 g/mol. The maximum atomic E-state index is 10.9. The van der Waals surface area contributed by atoms with Crippen LogP contribution in [0.1, 0.15) is 12.0 Å². The molecule has 0 saturated heterocycles. The van der Waals surface area contributed by atoms with Gasteiger partial charge in [-0.05, 0) is 6.42 Å². The molecule has 2 N–H and O–H groups in total. The summed E-state index contributed by atoms with van der Waals surface area (Å²) in [7, 11) is 0. The fourth-order valence-corrected chi connectivity index (χ4v) is 1.46. The average Bonchev–Trinajstić information content (AvgIpc) is 2.17. The second kappa shape index (κ2) is 4.90. The van der Waals surface area contributed by atoms with Crippen molar-refractivity contribution in [3.05, 3.63) is 29.8 Å². The van der Waals surface area contributed by atoms with Gasteiger partial charge in [-0.15, -0.1) is 11.6 Å². The van der Waals surface area contributed by atoms with E-state index in [0.29, 0.717) is 6.42 Å². The average molecular weight is 265 g/mol. The molecule has 1 aliphatic heterocycles. The van der Waals surface area contributed by atoms with E-state index in [-0.39, 0.29) is 32.7 Å². The molecule has 0 bridgehead atoms. The smallest absolute Gasteiger partial charge is 0.258 e. The van der Waals surface area contributed by atoms with E-state index in [0.717, 1.165) is 17.7 Å². The molecule has 14 heavy (non-hydrogen) atoms. The van der Waals surface area contributed by atoms with Gasteiger partial charge in [-0.25, -0.2) is 0 Å². The molecule has 0 spiro atoms. The summed E-state index contributed by atoms with van der Waals surface area (Å²) in [5, 5.41) is 0. The van der Waals surface area contributed by atoms with Crippen molar-refractivity contribution in [1.29, 1.82) is 0 Å². The van der Waals surface area contributed by atoms with Gasteiger partial charge in [0.15, 0.2) is 6.10 Å². The Morgan fingerprint density at radius 2 is 2.43 bits per heavy atom. The molecule has 1 radical (unpaired) electrons. The topological polar surface area (TPSA) is 52.3 Å². The number of hydrogen-bond acceptors (Lipinski definition) is 2. The molecule has 2 rings (SSSR count). The van der Waals surface area contributed by atoms with Gasteiger partial charge >= 0.3 is 0 Å². The molecule has 71 valence electrons. The Labute approximate surface area is 108 Å². The standard InChI is InChI=1S/C10H10NO2.Y/c11-10(12)9-6-5-7-3-1-2-4-8(7)13-9;/h2-4,9H,5-6H2,(H2,11,12);/q-1;. The third-order valence-electron chi connectivity index (χ3n) is 2.17. The van der Waals surface area contributed by atoms with Gasteiger partial charge in [-0.3, -0.25) is 4.79 Å². The molecular formula is C10H10NO2Y-. The Hall–Kier alpha value is -0.406. The summed E-state index contributed by atoms with van der Waals surface area (Å²) in [5.74, 6) is 0.368. The number of amides is 1. The Bertz CT molecular complexity index is 341. The first-order valence-corrected chi connectivity index (χ1v) is 4.22. The maximum absolute atomic E-state index is 10.9. The first kappa shape index (κ1) is 11.7. The van der Waals surface area contributed by atoms with E-state index in [1.807, 2.05) is 12.1 Å². The molecule has 0 aliphatic carbocycles. The summed E-state index contributed by atoms with van der Waals surface area (Å²) in [4.78, 5) is 10.9. The number of carbonyl (C=O) groups is 1. The van der Waals surface area contributed by atoms with Crippen molar-refractivity contribution in [2.75, 3.05) is 0 Å². The molecule has 0 fully saturated rings. The van der Waals surface area contributed by atoms with Gasteiger partial charge in [0.25, 0.3) is 5.91 Å². The van der Waals surface area contributed by atoms with Crippen LogP contribution in [-0.4, -0.2) is 12.0 Å². The SMILES string of the molecule is NC(=O)C1CCc2c[c-]ccc2O1.[Y]. The first-order valence-electron chi connectivity index (χ1n) is 4.22. The van der Waals surface area contributed by atoms with Gasteiger partial charge in [0, 0.05) is 38.5 Å². The Kier molecular flexibility index (Phi) is 4.08. The van der Waals surface area contributed by atoms with Crippen LogP contribution in [0.2, 0.25) is 0 Å². The zero-order valence-electron chi connectivity index (χ0n) is 7.69. The van der Waals surface area contributed by atoms with Crippen molar-refractivity contribution in [3.8, 4) is 5.75 Å². The van der Waals surface area contributed by atoms with Crippen LogP contribution in [0.15, 0.2) is 18.2 Å². The van der Waals surface area contributed by atoms with Crippen molar-refractivity contribution >= 4 is 5.91 Å². The van der Waals surface area contributed by atoms with Crippen LogP contribution in [-0.2, 0) is 43.9 Å². The zero-order chi connectivity index (χ0) is 9.26. The van der Waals surface area contributed by atoms with E-state index in [4.69, 9.17) is 10.5 Å². The molecule has 1 amide bonds. The van der Waals surface area contributed by atoms with Gasteiger partial charge in [-0.2, -0.15) is 18.2 Å². The second-order valence-corrected chi connectivity index (χ2v) is 3.08. The van der Waals surface area contributed by atoms with E-state index in [9.17, 15) is 4.79 Å². The minimum absolute atomic E-state index is 0. The number of fused-ring (bicyclic) bond motifs is 1. The molecule has 1 unspecified atom stereocenters. The van der Waals surface area contributed by atoms with Crippen molar-refractivity contribution in [2.45, 2.75) is 18.9 Å². The van der Waals surface area contributed by atoms with Gasteiger partial charge in [0.2, 0.25) is 0 Å². The van der Waals surface area contributed by atoms with Gasteiger partial charge < -0.3 is 10.5 Å². The molecule has 0 aromatic heterocycles. The van der Waals surface area contributed by atoms with Crippen molar-refractivity contribution < 1.29 is 42.2 Å². The normalized spacial score (nSPS) is 18.7. The number of carbonyl (C=O) groups excluding carboxylic acids is 1. The molecule has 1 atom stereocenters.